The van der Waals surface area contributed by atoms with Crippen LogP contribution in [0.4, 0.5) is 5.69 Å². The third kappa shape index (κ3) is 4.88. The summed E-state index contributed by atoms with van der Waals surface area (Å²) in [6.45, 7) is 5.01. The van der Waals surface area contributed by atoms with Gasteiger partial charge in [-0.15, -0.1) is 10.2 Å². The highest BCUT2D eigenvalue weighted by atomic mass is 32.2. The van der Waals surface area contributed by atoms with Crippen LogP contribution in [0.5, 0.6) is 0 Å². The molecule has 2 aromatic heterocycles. The molecule has 8 nitrogen and oxygen atoms in total. The van der Waals surface area contributed by atoms with Crippen molar-refractivity contribution in [2.45, 2.75) is 50.1 Å². The molecule has 1 amide bonds. The highest BCUT2D eigenvalue weighted by molar-refractivity contribution is 8.00. The molecule has 0 saturated carbocycles. The van der Waals surface area contributed by atoms with E-state index in [0.717, 1.165) is 18.5 Å². The Morgan fingerprint density at radius 3 is 2.84 bits per heavy atom. The molecule has 1 aliphatic heterocycles. The minimum Gasteiger partial charge on any atom is -0.467 e. The molecule has 1 unspecified atom stereocenters. The Bertz CT molecular complexity index is 1080. The highest BCUT2D eigenvalue weighted by Crippen LogP contribution is 2.31. The van der Waals surface area contributed by atoms with Crippen molar-refractivity contribution in [2.24, 2.45) is 0 Å². The molecular formula is C23H26N4O4S. The van der Waals surface area contributed by atoms with Gasteiger partial charge in [0.05, 0.1) is 24.7 Å². The summed E-state index contributed by atoms with van der Waals surface area (Å²) in [5.74, 6) is 0.846. The van der Waals surface area contributed by atoms with Crippen LogP contribution in [-0.2, 0) is 33.7 Å². The number of furan rings is 1. The van der Waals surface area contributed by atoms with Gasteiger partial charge in [-0.25, -0.2) is 0 Å². The van der Waals surface area contributed by atoms with E-state index in [1.54, 1.807) is 19.3 Å². The number of anilines is 1. The summed E-state index contributed by atoms with van der Waals surface area (Å²) in [5.41, 5.74) is 2.18. The molecule has 0 spiro atoms. The van der Waals surface area contributed by atoms with Gasteiger partial charge in [0.2, 0.25) is 5.91 Å². The third-order valence-corrected chi connectivity index (χ3v) is 6.37. The number of nitrogens with zero attached hydrogens (tertiary/aromatic N) is 4. The number of benzene rings is 1. The fraction of sp³-hybridized carbons (Fsp3) is 0.391. The number of rotatable bonds is 8. The first-order valence-corrected chi connectivity index (χ1v) is 11.6. The van der Waals surface area contributed by atoms with Crippen molar-refractivity contribution in [3.63, 3.8) is 0 Å². The van der Waals surface area contributed by atoms with Gasteiger partial charge in [0.1, 0.15) is 18.0 Å². The van der Waals surface area contributed by atoms with Crippen molar-refractivity contribution < 1.29 is 18.7 Å². The van der Waals surface area contributed by atoms with Gasteiger partial charge in [-0.3, -0.25) is 14.2 Å². The Morgan fingerprint density at radius 1 is 1.22 bits per heavy atom. The van der Waals surface area contributed by atoms with E-state index in [4.69, 9.17) is 9.15 Å². The Labute approximate surface area is 190 Å². The molecular weight excluding hydrogens is 428 g/mol. The largest absolute Gasteiger partial charge is 0.467 e. The molecule has 32 heavy (non-hydrogen) atoms. The predicted octanol–water partition coefficient (Wildman–Crippen LogP) is 3.49. The number of ether oxygens (including phenoxy) is 1. The number of hydrogen-bond donors (Lipinski definition) is 0. The zero-order valence-corrected chi connectivity index (χ0v) is 19.0. The molecule has 4 rings (SSSR count). The van der Waals surface area contributed by atoms with E-state index >= 15 is 0 Å². The lowest BCUT2D eigenvalue weighted by molar-refractivity contribution is -0.142. The first-order valence-electron chi connectivity index (χ1n) is 10.7. The number of carbonyl (C=O) groups is 2. The zero-order valence-electron chi connectivity index (χ0n) is 18.2. The number of amides is 1. The molecule has 1 aliphatic rings. The highest BCUT2D eigenvalue weighted by Gasteiger charge is 2.28. The molecule has 3 heterocycles. The molecule has 0 N–H and O–H groups in total. The second-order valence-corrected chi connectivity index (χ2v) is 8.84. The molecule has 1 atom stereocenters. The van der Waals surface area contributed by atoms with E-state index in [0.29, 0.717) is 36.4 Å². The monoisotopic (exact) mass is 454 g/mol. The molecule has 0 saturated heterocycles. The Kier molecular flexibility index (Phi) is 6.94. The smallest absolute Gasteiger partial charge is 0.313 e. The molecule has 0 fully saturated rings. The van der Waals surface area contributed by atoms with E-state index in [-0.39, 0.29) is 23.5 Å². The first kappa shape index (κ1) is 22.1. The van der Waals surface area contributed by atoms with Crippen molar-refractivity contribution in [2.75, 3.05) is 18.1 Å². The first-order chi connectivity index (χ1) is 15.6. The van der Waals surface area contributed by atoms with E-state index in [9.17, 15) is 9.59 Å². The average molecular weight is 455 g/mol. The number of para-hydroxylation sites is 1. The predicted molar refractivity (Wildman–Crippen MR) is 121 cm³/mol. The van der Waals surface area contributed by atoms with Crippen molar-refractivity contribution >= 4 is 29.3 Å². The zero-order chi connectivity index (χ0) is 22.5. The van der Waals surface area contributed by atoms with Gasteiger partial charge in [0.25, 0.3) is 0 Å². The number of esters is 1. The third-order valence-electron chi connectivity index (χ3n) is 5.30. The lowest BCUT2D eigenvalue weighted by atomic mass is 10.0. The Hall–Kier alpha value is -3.07. The van der Waals surface area contributed by atoms with E-state index < -0.39 is 0 Å². The van der Waals surface area contributed by atoms with E-state index in [1.807, 2.05) is 40.7 Å². The fourth-order valence-corrected chi connectivity index (χ4v) is 4.72. The maximum atomic E-state index is 13.3. The van der Waals surface area contributed by atoms with E-state index in [1.165, 1.54) is 17.3 Å². The molecule has 0 aliphatic carbocycles. The summed E-state index contributed by atoms with van der Waals surface area (Å²) in [4.78, 5) is 27.2. The van der Waals surface area contributed by atoms with Crippen LogP contribution in [0.25, 0.3) is 0 Å². The lowest BCUT2D eigenvalue weighted by Crippen LogP contribution is -2.40. The van der Waals surface area contributed by atoms with Crippen LogP contribution in [0, 0.1) is 0 Å². The molecule has 1 aromatic carbocycles. The van der Waals surface area contributed by atoms with Crippen LogP contribution in [0.15, 0.2) is 52.2 Å². The number of hydrogen-bond acceptors (Lipinski definition) is 7. The standard InChI is InChI=1S/C23H26N4O4S/c1-3-30-21(28)14-20-24-25-23(27(20)15-18-10-7-13-31-18)32-16(2)22(29)26-12-6-9-17-8-4-5-11-19(17)26/h4-5,7-8,10-11,13,16H,3,6,9,12,14-15H2,1-2H3. The quantitative estimate of drug-likeness (QED) is 0.380. The van der Waals surface area contributed by atoms with Crippen LogP contribution in [0.3, 0.4) is 0 Å². The number of fused-ring (bicyclic) bond motifs is 1. The SMILES string of the molecule is CCOC(=O)Cc1nnc(SC(C)C(=O)N2CCCc3ccccc32)n1Cc1ccco1. The second kappa shape index (κ2) is 10.0. The Morgan fingerprint density at radius 2 is 2.06 bits per heavy atom. The van der Waals surface area contributed by atoms with Gasteiger partial charge in [-0.2, -0.15) is 0 Å². The lowest BCUT2D eigenvalue weighted by Gasteiger charge is -2.31. The summed E-state index contributed by atoms with van der Waals surface area (Å²) in [5, 5.41) is 8.67. The minimum absolute atomic E-state index is 0.00391. The number of aryl methyl sites for hydroxylation is 1. The average Bonchev–Trinajstić information content (AvgIpc) is 3.44. The van der Waals surface area contributed by atoms with Gasteiger partial charge in [0, 0.05) is 12.2 Å². The summed E-state index contributed by atoms with van der Waals surface area (Å²) < 4.78 is 12.4. The Balaban J connectivity index is 1.54. The van der Waals surface area contributed by atoms with Crippen LogP contribution >= 0.6 is 11.8 Å². The summed E-state index contributed by atoms with van der Waals surface area (Å²) in [6.07, 6.45) is 3.52. The second-order valence-electron chi connectivity index (χ2n) is 7.53. The van der Waals surface area contributed by atoms with Crippen LogP contribution in [-0.4, -0.2) is 45.0 Å². The topological polar surface area (TPSA) is 90.5 Å². The summed E-state index contributed by atoms with van der Waals surface area (Å²) in [6, 6.07) is 11.7. The van der Waals surface area contributed by atoms with Crippen LogP contribution in [0.2, 0.25) is 0 Å². The maximum absolute atomic E-state index is 13.3. The van der Waals surface area contributed by atoms with Gasteiger partial charge >= 0.3 is 5.97 Å². The number of carbonyl (C=O) groups excluding carboxylic acids is 2. The maximum Gasteiger partial charge on any atom is 0.313 e. The van der Waals surface area contributed by atoms with Crippen molar-refractivity contribution in [1.29, 1.82) is 0 Å². The van der Waals surface area contributed by atoms with Crippen LogP contribution in [0.1, 0.15) is 37.4 Å². The normalized spacial score (nSPS) is 14.1. The van der Waals surface area contributed by atoms with Gasteiger partial charge < -0.3 is 14.1 Å². The summed E-state index contributed by atoms with van der Waals surface area (Å²) in [7, 11) is 0. The fourth-order valence-electron chi connectivity index (χ4n) is 3.79. The van der Waals surface area contributed by atoms with Gasteiger partial charge in [-0.1, -0.05) is 30.0 Å². The van der Waals surface area contributed by atoms with Gasteiger partial charge in [-0.05, 0) is 50.5 Å². The van der Waals surface area contributed by atoms with E-state index in [2.05, 4.69) is 16.3 Å². The molecule has 0 radical (unpaired) electrons. The molecule has 168 valence electrons. The molecule has 3 aromatic rings. The molecule has 0 bridgehead atoms. The summed E-state index contributed by atoms with van der Waals surface area (Å²) >= 11 is 1.33. The van der Waals surface area contributed by atoms with Crippen molar-refractivity contribution in [3.05, 3.63) is 59.8 Å². The van der Waals surface area contributed by atoms with Crippen molar-refractivity contribution in [1.82, 2.24) is 14.8 Å². The minimum atomic E-state index is -0.379. The van der Waals surface area contributed by atoms with Crippen LogP contribution < -0.4 is 4.90 Å². The number of aromatic nitrogens is 3. The molecule has 9 heteroatoms. The number of thioether (sulfide) groups is 1. The van der Waals surface area contributed by atoms with Crippen molar-refractivity contribution in [3.8, 4) is 0 Å². The van der Waals surface area contributed by atoms with Gasteiger partial charge in [0.15, 0.2) is 5.16 Å².